The Morgan fingerprint density at radius 2 is 0.944 bits per heavy atom. The maximum absolute atomic E-state index is 14.4. The Balaban J connectivity index is 1.19. The molecule has 5 aromatic carbocycles. The summed E-state index contributed by atoms with van der Waals surface area (Å²) in [5.74, 6) is 1.73. The lowest BCUT2D eigenvalue weighted by Crippen LogP contribution is -2.28. The zero-order chi connectivity index (χ0) is 36.2. The van der Waals surface area contributed by atoms with Crippen LogP contribution in [-0.4, -0.2) is 34.1 Å². The van der Waals surface area contributed by atoms with E-state index in [4.69, 9.17) is 19.9 Å². The Morgan fingerprint density at radius 1 is 0.407 bits per heavy atom. The van der Waals surface area contributed by atoms with Gasteiger partial charge in [-0.15, -0.1) is 0 Å². The summed E-state index contributed by atoms with van der Waals surface area (Å²) in [5, 5.41) is 2.87. The third-order valence-electron chi connectivity index (χ3n) is 9.69. The van der Waals surface area contributed by atoms with Crippen LogP contribution < -0.4 is 11.1 Å². The molecule has 54 heavy (non-hydrogen) atoms. The quantitative estimate of drug-likeness (QED) is 0.177. The monoisotopic (exact) mass is 697 g/mol. The van der Waals surface area contributed by atoms with Crippen molar-refractivity contribution in [1.29, 1.82) is 0 Å². The lowest BCUT2D eigenvalue weighted by molar-refractivity contribution is 0.975. The predicted octanol–water partition coefficient (Wildman–Crippen LogP) is 8.58. The second kappa shape index (κ2) is 12.5. The van der Waals surface area contributed by atoms with Crippen LogP contribution in [0.1, 0.15) is 0 Å². The average molecular weight is 698 g/mol. The van der Waals surface area contributed by atoms with Gasteiger partial charge >= 0.3 is 0 Å². The van der Waals surface area contributed by atoms with Gasteiger partial charge in [0.15, 0.2) is 17.5 Å². The van der Waals surface area contributed by atoms with Crippen molar-refractivity contribution in [2.45, 2.75) is 0 Å². The summed E-state index contributed by atoms with van der Waals surface area (Å²) in [5.41, 5.74) is 5.03. The van der Waals surface area contributed by atoms with Crippen molar-refractivity contribution in [2.24, 2.45) is 0 Å². The van der Waals surface area contributed by atoms with E-state index in [0.717, 1.165) is 38.7 Å². The Kier molecular flexibility index (Phi) is 7.22. The smallest absolute Gasteiger partial charge is 0.267 e. The Morgan fingerprint density at radius 3 is 1.59 bits per heavy atom. The number of hydrogen-bond donors (Lipinski definition) is 0. The van der Waals surface area contributed by atoms with Gasteiger partial charge in [0.1, 0.15) is 5.65 Å². The summed E-state index contributed by atoms with van der Waals surface area (Å²) in [7, 11) is 0. The molecule has 5 aromatic heterocycles. The number of para-hydroxylation sites is 2. The molecule has 0 saturated heterocycles. The maximum atomic E-state index is 14.4. The summed E-state index contributed by atoms with van der Waals surface area (Å²) < 4.78 is 3.30. The Labute approximate surface area is 307 Å². The fourth-order valence-corrected chi connectivity index (χ4v) is 7.12. The third kappa shape index (κ3) is 5.06. The molecule has 0 amide bonds. The highest BCUT2D eigenvalue weighted by Crippen LogP contribution is 2.34. The van der Waals surface area contributed by atoms with Gasteiger partial charge in [0.25, 0.3) is 11.1 Å². The fraction of sp³-hybridized carbons (Fsp3) is 0. The molecule has 0 spiro atoms. The van der Waals surface area contributed by atoms with Gasteiger partial charge in [-0.25, -0.2) is 24.5 Å². The molecule has 0 saturated carbocycles. The fourth-order valence-electron chi connectivity index (χ4n) is 7.12. The van der Waals surface area contributed by atoms with Gasteiger partial charge in [0.2, 0.25) is 0 Å². The van der Waals surface area contributed by atoms with Crippen LogP contribution in [0.2, 0.25) is 0 Å². The molecular weight excluding hydrogens is 671 g/mol. The van der Waals surface area contributed by atoms with Crippen molar-refractivity contribution in [3.63, 3.8) is 0 Å². The van der Waals surface area contributed by atoms with Crippen LogP contribution in [0.25, 0.3) is 89.2 Å². The van der Waals surface area contributed by atoms with E-state index in [-0.39, 0.29) is 0 Å². The average Bonchev–Trinajstić information content (AvgIpc) is 3.53. The van der Waals surface area contributed by atoms with Gasteiger partial charge in [-0.1, -0.05) is 97.1 Å². The minimum Gasteiger partial charge on any atom is -0.294 e. The van der Waals surface area contributed by atoms with Crippen LogP contribution in [0.4, 0.5) is 0 Å². The summed E-state index contributed by atoms with van der Waals surface area (Å²) in [6, 6.07) is 48.3. The molecule has 0 fully saturated rings. The first-order valence-corrected chi connectivity index (χ1v) is 17.4. The molecule has 0 radical (unpaired) electrons. The van der Waals surface area contributed by atoms with Gasteiger partial charge in [-0.05, 0) is 54.6 Å². The number of hydrogen-bond acceptors (Lipinski definition) is 7. The molecule has 9 heteroatoms. The molecule has 0 unspecified atom stereocenters. The predicted molar refractivity (Wildman–Crippen MR) is 213 cm³/mol. The molecule has 0 bridgehead atoms. The van der Waals surface area contributed by atoms with Gasteiger partial charge in [0.05, 0.1) is 27.5 Å². The van der Waals surface area contributed by atoms with Gasteiger partial charge in [-0.2, -0.15) is 0 Å². The topological polar surface area (TPSA) is 108 Å². The van der Waals surface area contributed by atoms with Crippen LogP contribution in [0.5, 0.6) is 0 Å². The lowest BCUT2D eigenvalue weighted by atomic mass is 10.1. The van der Waals surface area contributed by atoms with Crippen LogP contribution in [0.15, 0.2) is 174 Å². The largest absolute Gasteiger partial charge is 0.294 e. The highest BCUT2D eigenvalue weighted by atomic mass is 16.2. The number of nitrogens with zero attached hydrogens (tertiary/aromatic N) is 7. The van der Waals surface area contributed by atoms with Crippen molar-refractivity contribution in [3.8, 4) is 45.5 Å². The standard InChI is InChI=1S/C45H27N7O2/c53-44-34-24-25-46-27-37(34)39-36(45(54)52(44)31-16-8-3-9-17-31)26-35-33-18-10-11-19-38(33)51(43(35)47-39)32-22-20-30(21-23-32)42-49-40(28-12-4-1-5-13-28)48-41(50-42)29-14-6-2-7-15-29/h1-27H. The number of benzene rings is 5. The first-order valence-electron chi connectivity index (χ1n) is 17.4. The van der Waals surface area contributed by atoms with E-state index in [1.165, 1.54) is 4.57 Å². The molecule has 10 aromatic rings. The maximum Gasteiger partial charge on any atom is 0.267 e. The summed E-state index contributed by atoms with van der Waals surface area (Å²) in [4.78, 5) is 52.6. The minimum atomic E-state index is -0.449. The van der Waals surface area contributed by atoms with Crippen molar-refractivity contribution in [3.05, 3.63) is 185 Å². The molecule has 5 heterocycles. The molecule has 10 rings (SSSR count). The van der Waals surface area contributed by atoms with E-state index >= 15 is 0 Å². The Hall–Kier alpha value is -7.65. The zero-order valence-corrected chi connectivity index (χ0v) is 28.5. The van der Waals surface area contributed by atoms with E-state index in [9.17, 15) is 9.59 Å². The van der Waals surface area contributed by atoms with Crippen LogP contribution in [0, 0.1) is 0 Å². The lowest BCUT2D eigenvalue weighted by Gasteiger charge is -2.10. The second-order valence-corrected chi connectivity index (χ2v) is 12.9. The van der Waals surface area contributed by atoms with Crippen molar-refractivity contribution in [1.82, 2.24) is 34.1 Å². The molecule has 0 aliphatic rings. The normalized spacial score (nSPS) is 11.5. The summed E-state index contributed by atoms with van der Waals surface area (Å²) in [6.07, 6.45) is 3.17. The first kappa shape index (κ1) is 31.1. The zero-order valence-electron chi connectivity index (χ0n) is 28.5. The molecule has 254 valence electrons. The number of rotatable bonds is 5. The van der Waals surface area contributed by atoms with Gasteiger partial charge < -0.3 is 0 Å². The summed E-state index contributed by atoms with van der Waals surface area (Å²) >= 11 is 0. The van der Waals surface area contributed by atoms with E-state index in [0.29, 0.717) is 50.5 Å². The number of fused-ring (bicyclic) bond motifs is 6. The Bertz CT molecular complexity index is 3130. The molecule has 0 N–H and O–H groups in total. The van der Waals surface area contributed by atoms with Crippen LogP contribution in [-0.2, 0) is 0 Å². The summed E-state index contributed by atoms with van der Waals surface area (Å²) in [6.45, 7) is 0. The number of pyridine rings is 2. The van der Waals surface area contributed by atoms with E-state index in [2.05, 4.69) is 9.55 Å². The molecule has 0 atom stereocenters. The minimum absolute atomic E-state index is 0.322. The molecule has 9 nitrogen and oxygen atoms in total. The highest BCUT2D eigenvalue weighted by Gasteiger charge is 2.20. The molecule has 0 aliphatic heterocycles. The molecule has 0 aliphatic carbocycles. The SMILES string of the molecule is O=c1c2ccncc2c2nc3c(cc2c(=O)n1-c1ccccc1)c1ccccc1n3-c1ccc(-c2nc(-c3ccccc3)nc(-c3ccccc3)n2)cc1. The van der Waals surface area contributed by atoms with E-state index in [1.807, 2.05) is 121 Å². The van der Waals surface area contributed by atoms with Crippen LogP contribution in [0.3, 0.4) is 0 Å². The van der Waals surface area contributed by atoms with Gasteiger partial charge in [0, 0.05) is 50.9 Å². The van der Waals surface area contributed by atoms with Crippen LogP contribution >= 0.6 is 0 Å². The first-order chi connectivity index (χ1) is 26.6. The van der Waals surface area contributed by atoms with Crippen molar-refractivity contribution in [2.75, 3.05) is 0 Å². The van der Waals surface area contributed by atoms with Gasteiger partial charge in [-0.3, -0.25) is 19.1 Å². The third-order valence-corrected chi connectivity index (χ3v) is 9.69. The van der Waals surface area contributed by atoms with Crippen molar-refractivity contribution < 1.29 is 0 Å². The van der Waals surface area contributed by atoms with Crippen molar-refractivity contribution >= 4 is 43.6 Å². The van der Waals surface area contributed by atoms with E-state index < -0.39 is 11.1 Å². The highest BCUT2D eigenvalue weighted by molar-refractivity contribution is 6.14. The second-order valence-electron chi connectivity index (χ2n) is 12.9. The van der Waals surface area contributed by atoms with E-state index in [1.54, 1.807) is 42.7 Å². The number of aromatic nitrogens is 7. The molecular formula is C45H27N7O2.